The Morgan fingerprint density at radius 1 is 0.615 bits per heavy atom. The van der Waals surface area contributed by atoms with Gasteiger partial charge < -0.3 is 26.7 Å². The van der Waals surface area contributed by atoms with E-state index in [9.17, 15) is 0 Å². The van der Waals surface area contributed by atoms with Crippen LogP contribution in [-0.2, 0) is 17.1 Å². The molecule has 0 aliphatic rings. The molecule has 0 rings (SSSR count). The molecule has 0 radical (unpaired) electrons. The molecular formula is C25H48Fe. The second-order valence-electron chi connectivity index (χ2n) is 7.91. The summed E-state index contributed by atoms with van der Waals surface area (Å²) in [6.07, 6.45) is 27.7. The Kier molecular flexibility index (Phi) is 26.0. The minimum absolute atomic E-state index is 0. The summed E-state index contributed by atoms with van der Waals surface area (Å²) in [6, 6.07) is 0. The van der Waals surface area contributed by atoms with Crippen molar-refractivity contribution in [2.24, 2.45) is 11.8 Å². The van der Waals surface area contributed by atoms with Crippen molar-refractivity contribution in [1.82, 2.24) is 0 Å². The van der Waals surface area contributed by atoms with E-state index in [2.05, 4.69) is 40.5 Å². The molecule has 1 atom stereocenters. The Morgan fingerprint density at radius 2 is 1.12 bits per heavy atom. The maximum Gasteiger partial charge on any atom is 4.00 e. The first-order valence-electron chi connectivity index (χ1n) is 11.5. The standard InChI is InChI=1S/C25H48.Fe/c1-5-9-13-15-18-22-25(23-19-16-14-10-6-2)24(20-12-8-4)21-17-11-7-3;/h18-19,24-25H,1-2,5-17,20-23H2,3-4H3;/q-4;+4. The Balaban J connectivity index is 0. The summed E-state index contributed by atoms with van der Waals surface area (Å²) < 4.78 is 0. The molecule has 0 saturated heterocycles. The van der Waals surface area contributed by atoms with Crippen molar-refractivity contribution in [3.05, 3.63) is 26.7 Å². The predicted octanol–water partition coefficient (Wildman–Crippen LogP) is 8.96. The average molecular weight is 405 g/mol. The molecule has 0 aromatic carbocycles. The van der Waals surface area contributed by atoms with Crippen molar-refractivity contribution in [2.75, 3.05) is 0 Å². The molecule has 0 bridgehead atoms. The fourth-order valence-electron chi connectivity index (χ4n) is 3.81. The Hall–Kier alpha value is 0.519. The Labute approximate surface area is 178 Å². The molecule has 1 unspecified atom stereocenters. The zero-order valence-corrected chi connectivity index (χ0v) is 19.2. The molecule has 0 aromatic heterocycles. The Morgan fingerprint density at radius 3 is 1.58 bits per heavy atom. The molecule has 0 heterocycles. The minimum atomic E-state index is 0. The van der Waals surface area contributed by atoms with Crippen molar-refractivity contribution in [3.8, 4) is 0 Å². The number of rotatable bonds is 20. The zero-order valence-electron chi connectivity index (χ0n) is 18.1. The van der Waals surface area contributed by atoms with Crippen molar-refractivity contribution in [2.45, 2.75) is 123 Å². The monoisotopic (exact) mass is 404 g/mol. The van der Waals surface area contributed by atoms with E-state index < -0.39 is 0 Å². The van der Waals surface area contributed by atoms with Crippen LogP contribution in [0, 0.1) is 38.5 Å². The number of hydrogen-bond acceptors (Lipinski definition) is 0. The molecule has 0 amide bonds. The molecular weight excluding hydrogens is 356 g/mol. The fraction of sp³-hybridized carbons (Fsp3) is 0.840. The molecule has 26 heavy (non-hydrogen) atoms. The summed E-state index contributed by atoms with van der Waals surface area (Å²) in [6.45, 7) is 12.6. The van der Waals surface area contributed by atoms with Crippen LogP contribution < -0.4 is 0 Å². The normalized spacial score (nSPS) is 12.3. The number of hydrogen-bond donors (Lipinski definition) is 0. The third kappa shape index (κ3) is 17.9. The number of unbranched alkanes of at least 4 members (excludes halogenated alkanes) is 11. The van der Waals surface area contributed by atoms with Crippen molar-refractivity contribution < 1.29 is 17.1 Å². The van der Waals surface area contributed by atoms with Crippen LogP contribution in [0.5, 0.6) is 0 Å². The summed E-state index contributed by atoms with van der Waals surface area (Å²) >= 11 is 0. The van der Waals surface area contributed by atoms with Gasteiger partial charge in [0.25, 0.3) is 0 Å². The van der Waals surface area contributed by atoms with Crippen LogP contribution in [0.2, 0.25) is 0 Å². The molecule has 0 saturated carbocycles. The van der Waals surface area contributed by atoms with Crippen molar-refractivity contribution in [3.63, 3.8) is 0 Å². The van der Waals surface area contributed by atoms with Gasteiger partial charge in [0, 0.05) is 0 Å². The van der Waals surface area contributed by atoms with Crippen LogP contribution in [0.3, 0.4) is 0 Å². The van der Waals surface area contributed by atoms with Gasteiger partial charge in [0.1, 0.15) is 0 Å². The third-order valence-corrected chi connectivity index (χ3v) is 5.53. The molecule has 0 nitrogen and oxygen atoms in total. The van der Waals surface area contributed by atoms with E-state index in [4.69, 9.17) is 0 Å². The van der Waals surface area contributed by atoms with E-state index in [1.54, 1.807) is 0 Å². The quantitative estimate of drug-likeness (QED) is 0.108. The zero-order chi connectivity index (χ0) is 18.6. The van der Waals surface area contributed by atoms with E-state index in [1.165, 1.54) is 96.3 Å². The first-order chi connectivity index (χ1) is 12.3. The van der Waals surface area contributed by atoms with E-state index in [0.29, 0.717) is 0 Å². The topological polar surface area (TPSA) is 0 Å². The molecule has 0 aromatic rings. The van der Waals surface area contributed by atoms with Crippen LogP contribution in [0.4, 0.5) is 0 Å². The summed E-state index contributed by atoms with van der Waals surface area (Å²) in [4.78, 5) is 0. The van der Waals surface area contributed by atoms with Gasteiger partial charge in [-0.2, -0.15) is 38.5 Å². The smallest absolute Gasteiger partial charge is 0.343 e. The summed E-state index contributed by atoms with van der Waals surface area (Å²) in [5, 5.41) is 0. The minimum Gasteiger partial charge on any atom is -0.343 e. The van der Waals surface area contributed by atoms with Gasteiger partial charge in [-0.15, -0.1) is 0 Å². The first kappa shape index (κ1) is 28.7. The van der Waals surface area contributed by atoms with Gasteiger partial charge in [-0.1, -0.05) is 90.4 Å². The summed E-state index contributed by atoms with van der Waals surface area (Å²) in [7, 11) is 0. The molecule has 0 aliphatic carbocycles. The summed E-state index contributed by atoms with van der Waals surface area (Å²) in [5.74, 6) is 1.84. The van der Waals surface area contributed by atoms with Crippen LogP contribution in [0.1, 0.15) is 123 Å². The Bertz CT molecular complexity index is 224. The second kappa shape index (κ2) is 23.6. The maximum absolute atomic E-state index is 3.96. The fourth-order valence-corrected chi connectivity index (χ4v) is 3.81. The largest absolute Gasteiger partial charge is 4.00 e. The van der Waals surface area contributed by atoms with Gasteiger partial charge in [0.15, 0.2) is 0 Å². The molecule has 0 fully saturated rings. The predicted molar refractivity (Wildman–Crippen MR) is 116 cm³/mol. The van der Waals surface area contributed by atoms with Gasteiger partial charge >= 0.3 is 17.1 Å². The summed E-state index contributed by atoms with van der Waals surface area (Å²) in [5.41, 5.74) is 0. The molecule has 0 aliphatic heterocycles. The van der Waals surface area contributed by atoms with Gasteiger partial charge in [-0.3, -0.25) is 0 Å². The molecule has 0 spiro atoms. The van der Waals surface area contributed by atoms with Crippen LogP contribution in [0.15, 0.2) is 0 Å². The first-order valence-corrected chi connectivity index (χ1v) is 11.5. The second-order valence-corrected chi connectivity index (χ2v) is 7.91. The van der Waals surface area contributed by atoms with E-state index >= 15 is 0 Å². The van der Waals surface area contributed by atoms with Gasteiger partial charge in [0.2, 0.25) is 0 Å². The van der Waals surface area contributed by atoms with Gasteiger partial charge in [-0.05, 0) is 5.92 Å². The van der Waals surface area contributed by atoms with Crippen LogP contribution in [0.25, 0.3) is 0 Å². The van der Waals surface area contributed by atoms with Crippen LogP contribution >= 0.6 is 0 Å². The van der Waals surface area contributed by atoms with E-state index in [-0.39, 0.29) is 17.1 Å². The van der Waals surface area contributed by atoms with E-state index in [1.807, 2.05) is 0 Å². The average Bonchev–Trinajstić information content (AvgIpc) is 2.63. The van der Waals surface area contributed by atoms with Crippen molar-refractivity contribution >= 4 is 0 Å². The third-order valence-electron chi connectivity index (χ3n) is 5.53. The molecule has 156 valence electrons. The molecule has 1 heteroatoms. The van der Waals surface area contributed by atoms with Crippen LogP contribution in [-0.4, -0.2) is 0 Å². The van der Waals surface area contributed by atoms with Gasteiger partial charge in [-0.25, -0.2) is 0 Å². The van der Waals surface area contributed by atoms with E-state index in [0.717, 1.165) is 24.7 Å². The molecule has 0 N–H and O–H groups in total. The SMILES string of the molecule is [CH2-]CCCC[CH-]CC(C[CH-]CCCC[CH2-])C(CCCC)CCCCC.[Fe+4]. The van der Waals surface area contributed by atoms with Gasteiger partial charge in [0.05, 0.1) is 0 Å². The maximum atomic E-state index is 3.96. The van der Waals surface area contributed by atoms with Crippen molar-refractivity contribution in [1.29, 1.82) is 0 Å².